The molecule has 0 aliphatic rings. The molecule has 19 heavy (non-hydrogen) atoms. The molecule has 0 aliphatic heterocycles. The molecule has 2 aromatic heterocycles. The Kier molecular flexibility index (Phi) is 3.98. The fraction of sp³-hybridized carbons (Fsp3) is 0.182. The minimum atomic E-state index is -0.311. The molecule has 0 radical (unpaired) electrons. The Bertz CT molecular complexity index is 597. The summed E-state index contributed by atoms with van der Waals surface area (Å²) >= 11 is 5.90. The largest absolute Gasteiger partial charge is 0.319 e. The SMILES string of the molecule is CCn1cc(NC(=O)c2cnc(NN)c(Cl)c2)cn1. The number of nitrogens with zero attached hydrogens (tertiary/aromatic N) is 3. The second-order valence-corrected chi connectivity index (χ2v) is 4.14. The van der Waals surface area contributed by atoms with E-state index in [2.05, 4.69) is 20.8 Å². The van der Waals surface area contributed by atoms with Crippen LogP contribution in [0.5, 0.6) is 0 Å². The second-order valence-electron chi connectivity index (χ2n) is 3.74. The molecular weight excluding hydrogens is 268 g/mol. The van der Waals surface area contributed by atoms with Gasteiger partial charge in [0.2, 0.25) is 0 Å². The van der Waals surface area contributed by atoms with Crippen molar-refractivity contribution in [1.82, 2.24) is 14.8 Å². The fourth-order valence-corrected chi connectivity index (χ4v) is 1.69. The third-order valence-corrected chi connectivity index (χ3v) is 2.74. The summed E-state index contributed by atoms with van der Waals surface area (Å²) in [5.41, 5.74) is 3.29. The van der Waals surface area contributed by atoms with E-state index in [0.29, 0.717) is 17.1 Å². The van der Waals surface area contributed by atoms with Crippen LogP contribution in [0.4, 0.5) is 11.5 Å². The van der Waals surface area contributed by atoms with Gasteiger partial charge in [-0.05, 0) is 13.0 Å². The van der Waals surface area contributed by atoms with E-state index in [1.165, 1.54) is 12.3 Å². The van der Waals surface area contributed by atoms with Crippen molar-refractivity contribution in [1.29, 1.82) is 0 Å². The van der Waals surface area contributed by atoms with Gasteiger partial charge in [-0.3, -0.25) is 9.48 Å². The Morgan fingerprint density at radius 3 is 2.89 bits per heavy atom. The van der Waals surface area contributed by atoms with Crippen LogP contribution in [0.2, 0.25) is 5.02 Å². The van der Waals surface area contributed by atoms with Gasteiger partial charge in [-0.25, -0.2) is 10.8 Å². The molecule has 0 spiro atoms. The van der Waals surface area contributed by atoms with Crippen LogP contribution in [0.1, 0.15) is 17.3 Å². The molecule has 0 fully saturated rings. The van der Waals surface area contributed by atoms with Crippen LogP contribution in [-0.4, -0.2) is 20.7 Å². The molecule has 1 amide bonds. The van der Waals surface area contributed by atoms with Gasteiger partial charge in [0.1, 0.15) is 0 Å². The van der Waals surface area contributed by atoms with Crippen molar-refractivity contribution in [2.75, 3.05) is 10.7 Å². The standard InChI is InChI=1S/C11H13ClN6O/c1-2-18-6-8(5-15-18)16-11(19)7-3-9(12)10(17-13)14-4-7/h3-6H,2,13H2,1H3,(H,14,17)(H,16,19). The number of halogens is 1. The number of amides is 1. The monoisotopic (exact) mass is 280 g/mol. The third kappa shape index (κ3) is 3.01. The van der Waals surface area contributed by atoms with E-state index >= 15 is 0 Å². The first-order chi connectivity index (χ1) is 9.13. The van der Waals surface area contributed by atoms with Gasteiger partial charge in [0, 0.05) is 18.9 Å². The Morgan fingerprint density at radius 2 is 2.32 bits per heavy atom. The van der Waals surface area contributed by atoms with Crippen molar-refractivity contribution in [2.24, 2.45) is 5.84 Å². The highest BCUT2D eigenvalue weighted by molar-refractivity contribution is 6.33. The average Bonchev–Trinajstić information content (AvgIpc) is 2.86. The van der Waals surface area contributed by atoms with Crippen molar-refractivity contribution in [3.63, 3.8) is 0 Å². The Labute approximate surface area is 114 Å². The fourth-order valence-electron chi connectivity index (χ4n) is 1.47. The van der Waals surface area contributed by atoms with E-state index in [0.717, 1.165) is 6.54 Å². The second kappa shape index (κ2) is 5.68. The minimum Gasteiger partial charge on any atom is -0.319 e. The first-order valence-corrected chi connectivity index (χ1v) is 5.97. The molecule has 2 heterocycles. The van der Waals surface area contributed by atoms with Crippen LogP contribution in [-0.2, 0) is 6.54 Å². The van der Waals surface area contributed by atoms with Gasteiger partial charge in [0.05, 0.1) is 22.5 Å². The van der Waals surface area contributed by atoms with Crippen LogP contribution in [0.15, 0.2) is 24.7 Å². The zero-order chi connectivity index (χ0) is 13.8. The lowest BCUT2D eigenvalue weighted by atomic mass is 10.2. The average molecular weight is 281 g/mol. The summed E-state index contributed by atoms with van der Waals surface area (Å²) in [6, 6.07) is 1.49. The summed E-state index contributed by atoms with van der Waals surface area (Å²) in [5, 5.41) is 7.04. The minimum absolute atomic E-state index is 0.277. The van der Waals surface area contributed by atoms with Gasteiger partial charge in [-0.1, -0.05) is 11.6 Å². The number of nitrogens with one attached hydrogen (secondary N) is 2. The Balaban J connectivity index is 2.13. The Morgan fingerprint density at radius 1 is 1.53 bits per heavy atom. The highest BCUT2D eigenvalue weighted by Gasteiger charge is 2.10. The van der Waals surface area contributed by atoms with E-state index in [-0.39, 0.29) is 10.9 Å². The molecule has 7 nitrogen and oxygen atoms in total. The molecule has 0 aliphatic carbocycles. The highest BCUT2D eigenvalue weighted by Crippen LogP contribution is 2.19. The summed E-state index contributed by atoms with van der Waals surface area (Å²) in [6.07, 6.45) is 4.70. The number of rotatable bonds is 4. The van der Waals surface area contributed by atoms with Crippen molar-refractivity contribution in [3.8, 4) is 0 Å². The van der Waals surface area contributed by atoms with Gasteiger partial charge in [0.25, 0.3) is 5.91 Å². The van der Waals surface area contributed by atoms with E-state index in [1.807, 2.05) is 6.92 Å². The number of carbonyl (C=O) groups is 1. The number of carbonyl (C=O) groups excluding carboxylic acids is 1. The summed E-state index contributed by atoms with van der Waals surface area (Å²) < 4.78 is 1.71. The van der Waals surface area contributed by atoms with Crippen molar-refractivity contribution in [2.45, 2.75) is 13.5 Å². The molecule has 2 aromatic rings. The normalized spacial score (nSPS) is 10.3. The molecule has 100 valence electrons. The summed E-state index contributed by atoms with van der Waals surface area (Å²) in [7, 11) is 0. The first kappa shape index (κ1) is 13.3. The molecule has 2 rings (SSSR count). The maximum absolute atomic E-state index is 12.0. The highest BCUT2D eigenvalue weighted by atomic mass is 35.5. The number of hydrogen-bond donors (Lipinski definition) is 3. The lowest BCUT2D eigenvalue weighted by Crippen LogP contribution is -2.14. The lowest BCUT2D eigenvalue weighted by molar-refractivity contribution is 0.102. The number of hydrazine groups is 1. The molecule has 4 N–H and O–H groups in total. The number of aryl methyl sites for hydroxylation is 1. The molecule has 0 saturated carbocycles. The van der Waals surface area contributed by atoms with Gasteiger partial charge in [-0.2, -0.15) is 5.10 Å². The van der Waals surface area contributed by atoms with Crippen LogP contribution in [0, 0.1) is 0 Å². The van der Waals surface area contributed by atoms with Crippen molar-refractivity contribution < 1.29 is 4.79 Å². The number of anilines is 2. The third-order valence-electron chi connectivity index (χ3n) is 2.46. The zero-order valence-corrected chi connectivity index (χ0v) is 11.0. The van der Waals surface area contributed by atoms with Crippen LogP contribution in [0.3, 0.4) is 0 Å². The molecule has 0 aromatic carbocycles. The summed E-state index contributed by atoms with van der Waals surface area (Å²) in [5.74, 6) is 5.22. The quantitative estimate of drug-likeness (QED) is 0.582. The Hall–Kier alpha value is -2.12. The van der Waals surface area contributed by atoms with Gasteiger partial charge in [-0.15, -0.1) is 0 Å². The van der Waals surface area contributed by atoms with Crippen LogP contribution in [0.25, 0.3) is 0 Å². The van der Waals surface area contributed by atoms with E-state index in [9.17, 15) is 4.79 Å². The van der Waals surface area contributed by atoms with Crippen molar-refractivity contribution in [3.05, 3.63) is 35.2 Å². The molecular formula is C11H13ClN6O. The molecule has 0 bridgehead atoms. The van der Waals surface area contributed by atoms with E-state index in [4.69, 9.17) is 17.4 Å². The van der Waals surface area contributed by atoms with E-state index in [1.54, 1.807) is 17.1 Å². The molecule has 0 atom stereocenters. The molecule has 8 heteroatoms. The lowest BCUT2D eigenvalue weighted by Gasteiger charge is -2.05. The number of pyridine rings is 1. The number of aromatic nitrogens is 3. The predicted octanol–water partition coefficient (Wildman–Crippen LogP) is 1.49. The smallest absolute Gasteiger partial charge is 0.257 e. The zero-order valence-electron chi connectivity index (χ0n) is 10.2. The number of hydrogen-bond acceptors (Lipinski definition) is 5. The van der Waals surface area contributed by atoms with Gasteiger partial charge >= 0.3 is 0 Å². The van der Waals surface area contributed by atoms with Crippen LogP contribution < -0.4 is 16.6 Å². The predicted molar refractivity (Wildman–Crippen MR) is 72.9 cm³/mol. The summed E-state index contributed by atoms with van der Waals surface area (Å²) in [4.78, 5) is 15.9. The van der Waals surface area contributed by atoms with Gasteiger partial charge < -0.3 is 10.7 Å². The maximum Gasteiger partial charge on any atom is 0.257 e. The van der Waals surface area contributed by atoms with Crippen molar-refractivity contribution >= 4 is 29.0 Å². The molecule has 0 saturated heterocycles. The molecule has 0 unspecified atom stereocenters. The van der Waals surface area contributed by atoms with E-state index < -0.39 is 0 Å². The topological polar surface area (TPSA) is 97.9 Å². The maximum atomic E-state index is 12.0. The number of nitrogens with two attached hydrogens (primary N) is 1. The van der Waals surface area contributed by atoms with Gasteiger partial charge in [0.15, 0.2) is 5.82 Å². The first-order valence-electron chi connectivity index (χ1n) is 5.60. The summed E-state index contributed by atoms with van der Waals surface area (Å²) in [6.45, 7) is 2.70. The number of nitrogen functional groups attached to an aromatic ring is 1. The van der Waals surface area contributed by atoms with Crippen LogP contribution >= 0.6 is 11.6 Å².